The predicted octanol–water partition coefficient (Wildman–Crippen LogP) is 2.50. The Labute approximate surface area is 157 Å². The summed E-state index contributed by atoms with van der Waals surface area (Å²) in [5.74, 6) is -0.698. The molecule has 0 unspecified atom stereocenters. The van der Waals surface area contributed by atoms with Crippen LogP contribution < -0.4 is 0 Å². The first-order valence-corrected chi connectivity index (χ1v) is 8.94. The summed E-state index contributed by atoms with van der Waals surface area (Å²) in [5.41, 5.74) is 3.20. The molecule has 3 aromatic rings. The maximum Gasteiger partial charge on any atom is 0.338 e. The summed E-state index contributed by atoms with van der Waals surface area (Å²) in [6.45, 7) is 5.28. The molecular formula is C20H22N4O3. The molecule has 2 aromatic carbocycles. The van der Waals surface area contributed by atoms with E-state index in [-0.39, 0.29) is 12.5 Å². The maximum absolute atomic E-state index is 12.1. The van der Waals surface area contributed by atoms with Crippen molar-refractivity contribution in [1.29, 1.82) is 0 Å². The van der Waals surface area contributed by atoms with Gasteiger partial charge in [-0.15, -0.1) is 5.10 Å². The van der Waals surface area contributed by atoms with E-state index in [2.05, 4.69) is 10.3 Å². The molecule has 7 heteroatoms. The van der Waals surface area contributed by atoms with E-state index < -0.39 is 5.97 Å². The van der Waals surface area contributed by atoms with Gasteiger partial charge in [-0.1, -0.05) is 29.5 Å². The Morgan fingerprint density at radius 3 is 2.44 bits per heavy atom. The van der Waals surface area contributed by atoms with E-state index in [1.54, 1.807) is 17.0 Å². The molecule has 1 heterocycles. The van der Waals surface area contributed by atoms with Gasteiger partial charge < -0.3 is 9.64 Å². The van der Waals surface area contributed by atoms with E-state index in [9.17, 15) is 9.59 Å². The van der Waals surface area contributed by atoms with Crippen molar-refractivity contribution in [1.82, 2.24) is 19.9 Å². The lowest BCUT2D eigenvalue weighted by Crippen LogP contribution is -2.34. The molecule has 1 aromatic heterocycles. The van der Waals surface area contributed by atoms with Gasteiger partial charge in [-0.3, -0.25) is 4.79 Å². The van der Waals surface area contributed by atoms with Gasteiger partial charge in [0.25, 0.3) is 5.91 Å². The Morgan fingerprint density at radius 2 is 1.74 bits per heavy atom. The van der Waals surface area contributed by atoms with E-state index in [4.69, 9.17) is 4.74 Å². The highest BCUT2D eigenvalue weighted by molar-refractivity contribution is 5.91. The van der Waals surface area contributed by atoms with Crippen molar-refractivity contribution < 1.29 is 14.3 Å². The Bertz CT molecular complexity index is 930. The van der Waals surface area contributed by atoms with Crippen molar-refractivity contribution in [3.63, 3.8) is 0 Å². The molecule has 0 fully saturated rings. The average molecular weight is 366 g/mol. The van der Waals surface area contributed by atoms with Gasteiger partial charge in [0.15, 0.2) is 6.61 Å². The average Bonchev–Trinajstić information content (AvgIpc) is 3.10. The molecule has 0 bridgehead atoms. The monoisotopic (exact) mass is 366 g/mol. The number of nitrogens with zero attached hydrogens (tertiary/aromatic N) is 4. The van der Waals surface area contributed by atoms with Gasteiger partial charge in [0.1, 0.15) is 5.52 Å². The molecule has 0 saturated carbocycles. The Kier molecular flexibility index (Phi) is 5.80. The van der Waals surface area contributed by atoms with Crippen LogP contribution in [0.25, 0.3) is 11.0 Å². The summed E-state index contributed by atoms with van der Waals surface area (Å²) in [5, 5.41) is 8.30. The normalized spacial score (nSPS) is 10.7. The molecule has 3 rings (SSSR count). The molecule has 0 aliphatic heterocycles. The number of amides is 1. The summed E-state index contributed by atoms with van der Waals surface area (Å²) in [6, 6.07) is 14.8. The number of carbonyl (C=O) groups excluding carboxylic acids is 2. The van der Waals surface area contributed by atoms with E-state index in [1.165, 1.54) is 0 Å². The molecule has 140 valence electrons. The molecule has 0 atom stereocenters. The molecular weight excluding hydrogens is 344 g/mol. The molecule has 7 nitrogen and oxygen atoms in total. The Morgan fingerprint density at radius 1 is 1.04 bits per heavy atom. The standard InChI is InChI=1S/C20H22N4O3/c1-3-23(4-2)19(25)14-27-20(26)16-11-9-15(10-12-16)13-24-18-8-6-5-7-17(18)21-22-24/h5-12H,3-4,13-14H2,1-2H3. The Hall–Kier alpha value is -3.22. The zero-order valence-corrected chi connectivity index (χ0v) is 15.5. The smallest absolute Gasteiger partial charge is 0.338 e. The minimum Gasteiger partial charge on any atom is -0.452 e. The second-order valence-electron chi connectivity index (χ2n) is 6.07. The van der Waals surface area contributed by atoms with Crippen molar-refractivity contribution in [3.8, 4) is 0 Å². The first-order valence-electron chi connectivity index (χ1n) is 8.94. The summed E-state index contributed by atoms with van der Waals surface area (Å²) < 4.78 is 6.93. The third-order valence-electron chi connectivity index (χ3n) is 4.39. The lowest BCUT2D eigenvalue weighted by Gasteiger charge is -2.18. The highest BCUT2D eigenvalue weighted by atomic mass is 16.5. The van der Waals surface area contributed by atoms with Crippen molar-refractivity contribution in [2.45, 2.75) is 20.4 Å². The largest absolute Gasteiger partial charge is 0.452 e. The Balaban J connectivity index is 1.61. The van der Waals surface area contributed by atoms with Crippen molar-refractivity contribution in [3.05, 3.63) is 59.7 Å². The second kappa shape index (κ2) is 8.44. The van der Waals surface area contributed by atoms with Crippen LogP contribution in [0.5, 0.6) is 0 Å². The highest BCUT2D eigenvalue weighted by Crippen LogP contribution is 2.13. The zero-order chi connectivity index (χ0) is 19.2. The number of hydrogen-bond acceptors (Lipinski definition) is 5. The number of carbonyl (C=O) groups is 2. The number of rotatable bonds is 7. The molecule has 1 amide bonds. The first kappa shape index (κ1) is 18.6. The van der Waals surface area contributed by atoms with E-state index >= 15 is 0 Å². The fourth-order valence-corrected chi connectivity index (χ4v) is 2.83. The number of hydrogen-bond donors (Lipinski definition) is 0. The molecule has 27 heavy (non-hydrogen) atoms. The molecule has 0 N–H and O–H groups in total. The number of aromatic nitrogens is 3. The SMILES string of the molecule is CCN(CC)C(=O)COC(=O)c1ccc(Cn2nnc3ccccc32)cc1. The van der Waals surface area contributed by atoms with Gasteiger partial charge in [-0.2, -0.15) is 0 Å². The van der Waals surface area contributed by atoms with E-state index in [1.807, 2.05) is 54.9 Å². The zero-order valence-electron chi connectivity index (χ0n) is 15.5. The van der Waals surface area contributed by atoms with Gasteiger partial charge in [0.05, 0.1) is 17.6 Å². The van der Waals surface area contributed by atoms with Crippen LogP contribution in [0.4, 0.5) is 0 Å². The molecule has 0 saturated heterocycles. The van der Waals surface area contributed by atoms with Crippen LogP contribution >= 0.6 is 0 Å². The topological polar surface area (TPSA) is 77.3 Å². The fourth-order valence-electron chi connectivity index (χ4n) is 2.83. The lowest BCUT2D eigenvalue weighted by molar-refractivity contribution is -0.134. The second-order valence-corrected chi connectivity index (χ2v) is 6.07. The minimum absolute atomic E-state index is 0.192. The number of likely N-dealkylation sites (N-methyl/N-ethyl adjacent to an activating group) is 1. The van der Waals surface area contributed by atoms with Crippen LogP contribution in [-0.2, 0) is 16.1 Å². The van der Waals surface area contributed by atoms with Crippen LogP contribution in [0.1, 0.15) is 29.8 Å². The van der Waals surface area contributed by atoms with Crippen molar-refractivity contribution in [2.24, 2.45) is 0 Å². The van der Waals surface area contributed by atoms with Crippen LogP contribution in [0.3, 0.4) is 0 Å². The third-order valence-corrected chi connectivity index (χ3v) is 4.39. The molecule has 0 spiro atoms. The molecule has 0 aliphatic carbocycles. The van der Waals surface area contributed by atoms with Gasteiger partial charge in [-0.05, 0) is 43.7 Å². The van der Waals surface area contributed by atoms with Crippen molar-refractivity contribution >= 4 is 22.9 Å². The van der Waals surface area contributed by atoms with Gasteiger partial charge in [0.2, 0.25) is 0 Å². The van der Waals surface area contributed by atoms with Gasteiger partial charge in [0, 0.05) is 13.1 Å². The van der Waals surface area contributed by atoms with Gasteiger partial charge >= 0.3 is 5.97 Å². The minimum atomic E-state index is -0.506. The number of fused-ring (bicyclic) bond motifs is 1. The fraction of sp³-hybridized carbons (Fsp3) is 0.300. The van der Waals surface area contributed by atoms with Gasteiger partial charge in [-0.25, -0.2) is 9.48 Å². The van der Waals surface area contributed by atoms with E-state index in [0.717, 1.165) is 16.6 Å². The molecule has 0 radical (unpaired) electrons. The molecule has 0 aliphatic rings. The number of esters is 1. The number of benzene rings is 2. The van der Waals surface area contributed by atoms with Crippen LogP contribution in [0, 0.1) is 0 Å². The summed E-state index contributed by atoms with van der Waals surface area (Å²) in [4.78, 5) is 25.7. The summed E-state index contributed by atoms with van der Waals surface area (Å²) in [7, 11) is 0. The highest BCUT2D eigenvalue weighted by Gasteiger charge is 2.14. The third kappa shape index (κ3) is 4.31. The van der Waals surface area contributed by atoms with Crippen molar-refractivity contribution in [2.75, 3.05) is 19.7 Å². The lowest BCUT2D eigenvalue weighted by atomic mass is 10.1. The first-order chi connectivity index (χ1) is 13.1. The summed E-state index contributed by atoms with van der Waals surface area (Å²) >= 11 is 0. The summed E-state index contributed by atoms with van der Waals surface area (Å²) in [6.07, 6.45) is 0. The number of para-hydroxylation sites is 1. The number of ether oxygens (including phenoxy) is 1. The van der Waals surface area contributed by atoms with Crippen LogP contribution in [0.2, 0.25) is 0 Å². The van der Waals surface area contributed by atoms with Crippen LogP contribution in [-0.4, -0.2) is 51.5 Å². The predicted molar refractivity (Wildman–Crippen MR) is 101 cm³/mol. The maximum atomic E-state index is 12.1. The van der Waals surface area contributed by atoms with Crippen LogP contribution in [0.15, 0.2) is 48.5 Å². The van der Waals surface area contributed by atoms with E-state index in [0.29, 0.717) is 25.2 Å². The quantitative estimate of drug-likeness (QED) is 0.601.